The van der Waals surface area contributed by atoms with Gasteiger partial charge in [0.2, 0.25) is 0 Å². The zero-order valence-corrected chi connectivity index (χ0v) is 15.1. The van der Waals surface area contributed by atoms with Gasteiger partial charge in [0.15, 0.2) is 5.96 Å². The predicted octanol–water partition coefficient (Wildman–Crippen LogP) is 2.12. The lowest BCUT2D eigenvalue weighted by Crippen LogP contribution is -2.39. The van der Waals surface area contributed by atoms with Crippen molar-refractivity contribution in [2.45, 2.75) is 25.8 Å². The Morgan fingerprint density at radius 1 is 1.48 bits per heavy atom. The first-order valence-corrected chi connectivity index (χ1v) is 7.18. The number of halogens is 1. The van der Waals surface area contributed by atoms with Crippen molar-refractivity contribution in [1.29, 1.82) is 0 Å². The quantitative estimate of drug-likeness (QED) is 0.460. The van der Waals surface area contributed by atoms with E-state index in [1.54, 1.807) is 13.3 Å². The van der Waals surface area contributed by atoms with Crippen LogP contribution < -0.4 is 5.32 Å². The van der Waals surface area contributed by atoms with Crippen molar-refractivity contribution >= 4 is 29.9 Å². The monoisotopic (exact) mass is 408 g/mol. The smallest absolute Gasteiger partial charge is 0.193 e. The Balaban J connectivity index is 0.00000220. The maximum Gasteiger partial charge on any atom is 0.193 e. The summed E-state index contributed by atoms with van der Waals surface area (Å²) < 4.78 is 10.2. The van der Waals surface area contributed by atoms with E-state index in [4.69, 9.17) is 9.26 Å². The molecule has 2 rings (SSSR count). The maximum absolute atomic E-state index is 5.38. The molecule has 1 aromatic rings. The van der Waals surface area contributed by atoms with Crippen LogP contribution in [0, 0.1) is 5.92 Å². The summed E-state index contributed by atoms with van der Waals surface area (Å²) in [6.07, 6.45) is 5.11. The zero-order valence-electron chi connectivity index (χ0n) is 12.7. The minimum atomic E-state index is 0. The Morgan fingerprint density at radius 3 is 2.86 bits per heavy atom. The molecule has 0 bridgehead atoms. The zero-order chi connectivity index (χ0) is 14.2. The standard InChI is InChI=1S/C14H24N4O2.HI/c1-15-14(18(2)11-13-6-10-20-17-13)16-7-3-12-4-8-19-9-5-12;/h6,10,12H,3-5,7-9,11H2,1-2H3,(H,15,16);1H. The molecule has 1 fully saturated rings. The molecule has 0 spiro atoms. The largest absolute Gasteiger partial charge is 0.381 e. The van der Waals surface area contributed by atoms with Gasteiger partial charge in [-0.1, -0.05) is 5.16 Å². The number of nitrogens with one attached hydrogen (secondary N) is 1. The number of hydrogen-bond acceptors (Lipinski definition) is 4. The number of guanidine groups is 1. The van der Waals surface area contributed by atoms with Crippen LogP contribution in [0.25, 0.3) is 0 Å². The van der Waals surface area contributed by atoms with Gasteiger partial charge in [-0.25, -0.2) is 0 Å². The molecule has 0 aromatic carbocycles. The van der Waals surface area contributed by atoms with Crippen LogP contribution in [0.2, 0.25) is 0 Å². The molecule has 120 valence electrons. The van der Waals surface area contributed by atoms with E-state index in [-0.39, 0.29) is 24.0 Å². The highest BCUT2D eigenvalue weighted by molar-refractivity contribution is 14.0. The Bertz CT molecular complexity index is 405. The Morgan fingerprint density at radius 2 is 2.24 bits per heavy atom. The number of aliphatic imine (C=N–C) groups is 1. The average molecular weight is 408 g/mol. The second-order valence-corrected chi connectivity index (χ2v) is 5.17. The highest BCUT2D eigenvalue weighted by Crippen LogP contribution is 2.17. The van der Waals surface area contributed by atoms with Crippen LogP contribution in [-0.4, -0.2) is 49.9 Å². The third kappa shape index (κ3) is 6.21. The van der Waals surface area contributed by atoms with Crippen LogP contribution in [0.3, 0.4) is 0 Å². The third-order valence-electron chi connectivity index (χ3n) is 3.64. The molecule has 0 amide bonds. The second-order valence-electron chi connectivity index (χ2n) is 5.17. The van der Waals surface area contributed by atoms with Gasteiger partial charge in [0.25, 0.3) is 0 Å². The molecule has 1 aromatic heterocycles. The first-order chi connectivity index (χ1) is 9.79. The van der Waals surface area contributed by atoms with E-state index in [1.807, 2.05) is 18.0 Å². The van der Waals surface area contributed by atoms with Crippen molar-refractivity contribution in [2.75, 3.05) is 33.9 Å². The molecule has 0 aliphatic carbocycles. The summed E-state index contributed by atoms with van der Waals surface area (Å²) in [6.45, 7) is 3.45. The molecule has 0 radical (unpaired) electrons. The highest BCUT2D eigenvalue weighted by atomic mass is 127. The average Bonchev–Trinajstić information content (AvgIpc) is 2.97. The lowest BCUT2D eigenvalue weighted by Gasteiger charge is -2.24. The molecule has 0 atom stereocenters. The molecule has 0 saturated carbocycles. The molecule has 0 unspecified atom stereocenters. The minimum Gasteiger partial charge on any atom is -0.381 e. The van der Waals surface area contributed by atoms with Crippen LogP contribution in [0.5, 0.6) is 0 Å². The summed E-state index contributed by atoms with van der Waals surface area (Å²) in [7, 11) is 3.80. The summed E-state index contributed by atoms with van der Waals surface area (Å²) in [5.74, 6) is 1.66. The van der Waals surface area contributed by atoms with Crippen molar-refractivity contribution in [3.63, 3.8) is 0 Å². The van der Waals surface area contributed by atoms with Crippen LogP contribution in [0.15, 0.2) is 21.8 Å². The van der Waals surface area contributed by atoms with Gasteiger partial charge in [0, 0.05) is 39.9 Å². The summed E-state index contributed by atoms with van der Waals surface area (Å²) in [4.78, 5) is 6.34. The Hall–Kier alpha value is -0.830. The maximum atomic E-state index is 5.38. The summed E-state index contributed by atoms with van der Waals surface area (Å²) >= 11 is 0. The molecular formula is C14H25IN4O2. The fraction of sp³-hybridized carbons (Fsp3) is 0.714. The molecule has 1 aliphatic heterocycles. The van der Waals surface area contributed by atoms with Crippen LogP contribution in [0.4, 0.5) is 0 Å². The van der Waals surface area contributed by atoms with Crippen LogP contribution >= 0.6 is 24.0 Å². The number of ether oxygens (including phenoxy) is 1. The van der Waals surface area contributed by atoms with E-state index >= 15 is 0 Å². The lowest BCUT2D eigenvalue weighted by molar-refractivity contribution is 0.0643. The van der Waals surface area contributed by atoms with Crippen molar-refractivity contribution in [3.05, 3.63) is 18.0 Å². The molecule has 7 heteroatoms. The summed E-state index contributed by atoms with van der Waals surface area (Å²) in [5.41, 5.74) is 0.903. The van der Waals surface area contributed by atoms with Gasteiger partial charge < -0.3 is 19.5 Å². The van der Waals surface area contributed by atoms with E-state index in [2.05, 4.69) is 15.5 Å². The van der Waals surface area contributed by atoms with E-state index in [0.29, 0.717) is 6.54 Å². The van der Waals surface area contributed by atoms with Gasteiger partial charge in [-0.05, 0) is 25.2 Å². The SMILES string of the molecule is CN=C(NCCC1CCOCC1)N(C)Cc1ccon1.I. The molecule has 1 saturated heterocycles. The minimum absolute atomic E-state index is 0. The summed E-state index contributed by atoms with van der Waals surface area (Å²) in [6, 6.07) is 1.87. The summed E-state index contributed by atoms with van der Waals surface area (Å²) in [5, 5.41) is 7.32. The van der Waals surface area contributed by atoms with Gasteiger partial charge in [-0.3, -0.25) is 4.99 Å². The fourth-order valence-electron chi connectivity index (χ4n) is 2.44. The predicted molar refractivity (Wildman–Crippen MR) is 92.9 cm³/mol. The van der Waals surface area contributed by atoms with E-state index in [0.717, 1.165) is 37.3 Å². The second kappa shape index (κ2) is 9.99. The number of aromatic nitrogens is 1. The molecule has 1 N–H and O–H groups in total. The normalized spacial score (nSPS) is 16.4. The van der Waals surface area contributed by atoms with Gasteiger partial charge >= 0.3 is 0 Å². The van der Waals surface area contributed by atoms with Crippen molar-refractivity contribution in [1.82, 2.24) is 15.4 Å². The van der Waals surface area contributed by atoms with E-state index in [1.165, 1.54) is 19.3 Å². The van der Waals surface area contributed by atoms with Gasteiger partial charge in [-0.2, -0.15) is 0 Å². The highest BCUT2D eigenvalue weighted by Gasteiger charge is 2.14. The van der Waals surface area contributed by atoms with Gasteiger partial charge in [0.1, 0.15) is 12.0 Å². The van der Waals surface area contributed by atoms with Gasteiger partial charge in [0.05, 0.1) is 6.54 Å². The van der Waals surface area contributed by atoms with E-state index < -0.39 is 0 Å². The first kappa shape index (κ1) is 18.2. The number of rotatable bonds is 5. The Labute approximate surface area is 143 Å². The van der Waals surface area contributed by atoms with Crippen molar-refractivity contribution in [2.24, 2.45) is 10.9 Å². The molecule has 1 aliphatic rings. The Kier molecular flexibility index (Phi) is 8.67. The van der Waals surface area contributed by atoms with Crippen LogP contribution in [-0.2, 0) is 11.3 Å². The van der Waals surface area contributed by atoms with Gasteiger partial charge in [-0.15, -0.1) is 24.0 Å². The van der Waals surface area contributed by atoms with E-state index in [9.17, 15) is 0 Å². The first-order valence-electron chi connectivity index (χ1n) is 7.18. The lowest BCUT2D eigenvalue weighted by atomic mass is 9.97. The molecule has 6 nitrogen and oxygen atoms in total. The molecule has 21 heavy (non-hydrogen) atoms. The molecule has 2 heterocycles. The number of hydrogen-bond donors (Lipinski definition) is 1. The fourth-order valence-corrected chi connectivity index (χ4v) is 2.44. The third-order valence-corrected chi connectivity index (χ3v) is 3.64. The number of nitrogens with zero attached hydrogens (tertiary/aromatic N) is 3. The van der Waals surface area contributed by atoms with Crippen LogP contribution in [0.1, 0.15) is 25.0 Å². The van der Waals surface area contributed by atoms with Crippen molar-refractivity contribution < 1.29 is 9.26 Å². The topological polar surface area (TPSA) is 62.9 Å². The molecular weight excluding hydrogens is 383 g/mol. The van der Waals surface area contributed by atoms with Crippen molar-refractivity contribution in [3.8, 4) is 0 Å².